The van der Waals surface area contributed by atoms with E-state index in [-0.39, 0.29) is 5.91 Å². The van der Waals surface area contributed by atoms with Crippen molar-refractivity contribution in [1.82, 2.24) is 4.90 Å². The molecule has 112 valence electrons. The van der Waals surface area contributed by atoms with Gasteiger partial charge in [0.05, 0.1) is 7.11 Å². The lowest BCUT2D eigenvalue weighted by atomic mass is 10.00. The molecule has 0 bridgehead atoms. The highest BCUT2D eigenvalue weighted by atomic mass is 16.5. The van der Waals surface area contributed by atoms with Crippen LogP contribution in [0.3, 0.4) is 0 Å². The third-order valence-corrected chi connectivity index (χ3v) is 3.98. The molecule has 2 aromatic carbocycles. The van der Waals surface area contributed by atoms with Crippen molar-refractivity contribution < 1.29 is 9.53 Å². The van der Waals surface area contributed by atoms with Crippen LogP contribution in [0.1, 0.15) is 16.7 Å². The molecule has 1 aliphatic rings. The first-order valence-corrected chi connectivity index (χ1v) is 7.44. The summed E-state index contributed by atoms with van der Waals surface area (Å²) in [5.41, 5.74) is 3.59. The van der Waals surface area contributed by atoms with Gasteiger partial charge in [0.2, 0.25) is 5.91 Å². The van der Waals surface area contributed by atoms with Crippen LogP contribution in [0, 0.1) is 0 Å². The molecular formula is C19H19NO2. The van der Waals surface area contributed by atoms with Gasteiger partial charge in [-0.25, -0.2) is 0 Å². The SMILES string of the molecule is COc1ccc(/C=C/C(=O)N2CCc3ccccc3C2)cc1. The summed E-state index contributed by atoms with van der Waals surface area (Å²) in [6, 6.07) is 16.0. The van der Waals surface area contributed by atoms with Crippen molar-refractivity contribution in [2.24, 2.45) is 0 Å². The number of ether oxygens (including phenoxy) is 1. The second-order valence-corrected chi connectivity index (χ2v) is 5.38. The second-order valence-electron chi connectivity index (χ2n) is 5.38. The number of hydrogen-bond acceptors (Lipinski definition) is 2. The summed E-state index contributed by atoms with van der Waals surface area (Å²) < 4.78 is 5.12. The van der Waals surface area contributed by atoms with Gasteiger partial charge in [-0.1, -0.05) is 36.4 Å². The van der Waals surface area contributed by atoms with Crippen molar-refractivity contribution >= 4 is 12.0 Å². The molecule has 0 atom stereocenters. The van der Waals surface area contributed by atoms with Crippen LogP contribution in [-0.2, 0) is 17.8 Å². The monoisotopic (exact) mass is 293 g/mol. The Hall–Kier alpha value is -2.55. The van der Waals surface area contributed by atoms with Gasteiger partial charge in [0.1, 0.15) is 5.75 Å². The van der Waals surface area contributed by atoms with Crippen LogP contribution in [0.5, 0.6) is 5.75 Å². The summed E-state index contributed by atoms with van der Waals surface area (Å²) in [6.07, 6.45) is 4.43. The van der Waals surface area contributed by atoms with Gasteiger partial charge < -0.3 is 9.64 Å². The Morgan fingerprint density at radius 2 is 1.82 bits per heavy atom. The summed E-state index contributed by atoms with van der Waals surface area (Å²) in [5, 5.41) is 0. The number of fused-ring (bicyclic) bond motifs is 1. The van der Waals surface area contributed by atoms with Gasteiger partial charge in [-0.2, -0.15) is 0 Å². The average Bonchev–Trinajstić information content (AvgIpc) is 2.59. The molecule has 0 saturated heterocycles. The first-order chi connectivity index (χ1) is 10.8. The van der Waals surface area contributed by atoms with Crippen LogP contribution in [0.4, 0.5) is 0 Å². The van der Waals surface area contributed by atoms with Gasteiger partial charge in [0, 0.05) is 19.2 Å². The Morgan fingerprint density at radius 3 is 2.55 bits per heavy atom. The van der Waals surface area contributed by atoms with Crippen molar-refractivity contribution in [3.05, 3.63) is 71.3 Å². The molecular weight excluding hydrogens is 274 g/mol. The molecule has 0 unspecified atom stereocenters. The first-order valence-electron chi connectivity index (χ1n) is 7.44. The maximum atomic E-state index is 12.3. The zero-order valence-corrected chi connectivity index (χ0v) is 12.7. The predicted octanol–water partition coefficient (Wildman–Crippen LogP) is 3.29. The molecule has 0 aliphatic carbocycles. The molecule has 3 rings (SSSR count). The maximum Gasteiger partial charge on any atom is 0.246 e. The Labute approximate surface area is 130 Å². The fourth-order valence-corrected chi connectivity index (χ4v) is 2.67. The van der Waals surface area contributed by atoms with E-state index in [1.165, 1.54) is 11.1 Å². The van der Waals surface area contributed by atoms with Crippen LogP contribution >= 0.6 is 0 Å². The van der Waals surface area contributed by atoms with Gasteiger partial charge in [-0.05, 0) is 41.3 Å². The van der Waals surface area contributed by atoms with Crippen molar-refractivity contribution in [3.63, 3.8) is 0 Å². The Kier molecular flexibility index (Phi) is 4.24. The van der Waals surface area contributed by atoms with Gasteiger partial charge in [-0.15, -0.1) is 0 Å². The minimum absolute atomic E-state index is 0.0605. The van der Waals surface area contributed by atoms with E-state index in [0.29, 0.717) is 6.54 Å². The zero-order chi connectivity index (χ0) is 15.4. The molecule has 3 heteroatoms. The van der Waals surface area contributed by atoms with E-state index in [1.54, 1.807) is 13.2 Å². The number of benzene rings is 2. The lowest BCUT2D eigenvalue weighted by Gasteiger charge is -2.27. The highest BCUT2D eigenvalue weighted by Crippen LogP contribution is 2.19. The van der Waals surface area contributed by atoms with Gasteiger partial charge in [0.15, 0.2) is 0 Å². The van der Waals surface area contributed by atoms with Crippen molar-refractivity contribution in [1.29, 1.82) is 0 Å². The van der Waals surface area contributed by atoms with E-state index in [2.05, 4.69) is 18.2 Å². The van der Waals surface area contributed by atoms with E-state index in [9.17, 15) is 4.79 Å². The standard InChI is InChI=1S/C19H19NO2/c1-22-18-9-6-15(7-10-18)8-11-19(21)20-13-12-16-4-2-3-5-17(16)14-20/h2-11H,12-14H2,1H3/b11-8+. The molecule has 0 aromatic heterocycles. The minimum Gasteiger partial charge on any atom is -0.497 e. The van der Waals surface area contributed by atoms with Gasteiger partial charge in [0.25, 0.3) is 0 Å². The molecule has 1 aliphatic heterocycles. The molecule has 3 nitrogen and oxygen atoms in total. The molecule has 2 aromatic rings. The largest absolute Gasteiger partial charge is 0.497 e. The maximum absolute atomic E-state index is 12.3. The summed E-state index contributed by atoms with van der Waals surface area (Å²) in [6.45, 7) is 1.48. The van der Waals surface area contributed by atoms with Crippen LogP contribution in [0.15, 0.2) is 54.6 Å². The van der Waals surface area contributed by atoms with Crippen LogP contribution in [0.25, 0.3) is 6.08 Å². The number of rotatable bonds is 3. The number of nitrogens with zero attached hydrogens (tertiary/aromatic N) is 1. The van der Waals surface area contributed by atoms with Crippen LogP contribution < -0.4 is 4.74 Å². The Morgan fingerprint density at radius 1 is 1.09 bits per heavy atom. The number of carbonyl (C=O) groups is 1. The number of carbonyl (C=O) groups excluding carboxylic acids is 1. The lowest BCUT2D eigenvalue weighted by molar-refractivity contribution is -0.126. The molecule has 22 heavy (non-hydrogen) atoms. The fraction of sp³-hybridized carbons (Fsp3) is 0.211. The molecule has 0 saturated carbocycles. The third kappa shape index (κ3) is 3.19. The zero-order valence-electron chi connectivity index (χ0n) is 12.7. The smallest absolute Gasteiger partial charge is 0.246 e. The molecule has 0 fully saturated rings. The molecule has 0 spiro atoms. The third-order valence-electron chi connectivity index (χ3n) is 3.98. The normalized spacial score (nSPS) is 14.0. The highest BCUT2D eigenvalue weighted by molar-refractivity contribution is 5.91. The van der Waals surface area contributed by atoms with E-state index >= 15 is 0 Å². The molecule has 0 radical (unpaired) electrons. The second kappa shape index (κ2) is 6.48. The fourth-order valence-electron chi connectivity index (χ4n) is 2.67. The van der Waals surface area contributed by atoms with Gasteiger partial charge in [-0.3, -0.25) is 4.79 Å². The number of amides is 1. The topological polar surface area (TPSA) is 29.5 Å². The quantitative estimate of drug-likeness (QED) is 0.813. The summed E-state index contributed by atoms with van der Waals surface area (Å²) in [7, 11) is 1.64. The summed E-state index contributed by atoms with van der Waals surface area (Å²) in [5.74, 6) is 0.876. The van der Waals surface area contributed by atoms with Crippen molar-refractivity contribution in [2.75, 3.05) is 13.7 Å². The first kappa shape index (κ1) is 14.4. The summed E-state index contributed by atoms with van der Waals surface area (Å²) in [4.78, 5) is 14.2. The molecule has 0 N–H and O–H groups in total. The highest BCUT2D eigenvalue weighted by Gasteiger charge is 2.18. The average molecular weight is 293 g/mol. The van der Waals surface area contributed by atoms with Crippen LogP contribution in [-0.4, -0.2) is 24.5 Å². The Balaban J connectivity index is 1.66. The Bertz CT molecular complexity index is 689. The molecule has 1 amide bonds. The van der Waals surface area contributed by atoms with Crippen LogP contribution in [0.2, 0.25) is 0 Å². The summed E-state index contributed by atoms with van der Waals surface area (Å²) >= 11 is 0. The van der Waals surface area contributed by atoms with E-state index in [4.69, 9.17) is 4.74 Å². The van der Waals surface area contributed by atoms with E-state index in [1.807, 2.05) is 41.3 Å². The predicted molar refractivity (Wildman–Crippen MR) is 87.6 cm³/mol. The van der Waals surface area contributed by atoms with E-state index in [0.717, 1.165) is 24.3 Å². The lowest BCUT2D eigenvalue weighted by Crippen LogP contribution is -2.34. The van der Waals surface area contributed by atoms with Crippen molar-refractivity contribution in [2.45, 2.75) is 13.0 Å². The molecule has 1 heterocycles. The van der Waals surface area contributed by atoms with E-state index < -0.39 is 0 Å². The number of hydrogen-bond donors (Lipinski definition) is 0. The minimum atomic E-state index is 0.0605. The number of methoxy groups -OCH3 is 1. The van der Waals surface area contributed by atoms with Crippen molar-refractivity contribution in [3.8, 4) is 5.75 Å². The van der Waals surface area contributed by atoms with Gasteiger partial charge >= 0.3 is 0 Å².